The van der Waals surface area contributed by atoms with Crippen LogP contribution in [0.25, 0.3) is 11.3 Å². The summed E-state index contributed by atoms with van der Waals surface area (Å²) in [6, 6.07) is 10.8. The number of nitrogens with zero attached hydrogens (tertiary/aromatic N) is 2. The number of hydrogen-bond acceptors (Lipinski definition) is 5. The zero-order valence-electron chi connectivity index (χ0n) is 16.2. The van der Waals surface area contributed by atoms with Crippen molar-refractivity contribution >= 4 is 17.9 Å². The number of amides is 3. The molecule has 2 aromatic rings. The van der Waals surface area contributed by atoms with Gasteiger partial charge in [-0.3, -0.25) is 25.5 Å². The Labute approximate surface area is 174 Å². The Kier molecular flexibility index (Phi) is 6.78. The first-order valence-corrected chi connectivity index (χ1v) is 9.42. The van der Waals surface area contributed by atoms with Crippen LogP contribution in [0.15, 0.2) is 36.4 Å². The predicted octanol–water partition coefficient (Wildman–Crippen LogP) is 2.25. The summed E-state index contributed by atoms with van der Waals surface area (Å²) in [7, 11) is 0. The van der Waals surface area contributed by atoms with Crippen molar-refractivity contribution in [3.8, 4) is 11.3 Å². The Balaban J connectivity index is 1.43. The van der Waals surface area contributed by atoms with Gasteiger partial charge in [0.1, 0.15) is 5.69 Å². The number of piperidine rings is 1. The van der Waals surface area contributed by atoms with E-state index in [1.54, 1.807) is 6.07 Å². The average molecular weight is 439 g/mol. The molecule has 0 saturated carbocycles. The number of halogens is 3. The third kappa shape index (κ3) is 6.20. The van der Waals surface area contributed by atoms with E-state index in [-0.39, 0.29) is 31.6 Å². The molecular weight excluding hydrogens is 419 g/mol. The standard InChI is InChI=1S/C19H20F3N5O4/c20-19(21,22)11-31-18(30)27-8-6-13(7-9-27)16(28)25-26-17(29)15-10-14(23-24-15)12-4-2-1-3-5-12/h1-5,10,13H,6-9,11H2,(H,23,24)(H,25,28)(H,26,29). The predicted molar refractivity (Wildman–Crippen MR) is 101 cm³/mol. The Bertz CT molecular complexity index is 924. The number of hydrazine groups is 1. The zero-order valence-corrected chi connectivity index (χ0v) is 16.2. The third-order valence-corrected chi connectivity index (χ3v) is 4.67. The molecule has 166 valence electrons. The summed E-state index contributed by atoms with van der Waals surface area (Å²) in [5.74, 6) is -1.55. The fourth-order valence-corrected chi connectivity index (χ4v) is 3.04. The molecule has 2 heterocycles. The highest BCUT2D eigenvalue weighted by Crippen LogP contribution is 2.20. The molecule has 12 heteroatoms. The second-order valence-corrected chi connectivity index (χ2v) is 6.91. The molecule has 1 saturated heterocycles. The number of carbonyl (C=O) groups excluding carboxylic acids is 3. The van der Waals surface area contributed by atoms with Crippen LogP contribution in [-0.2, 0) is 9.53 Å². The van der Waals surface area contributed by atoms with Gasteiger partial charge in [0.15, 0.2) is 6.61 Å². The number of rotatable bonds is 4. The maximum atomic E-state index is 12.3. The molecule has 1 aliphatic heterocycles. The molecule has 3 amide bonds. The summed E-state index contributed by atoms with van der Waals surface area (Å²) < 4.78 is 40.6. The van der Waals surface area contributed by atoms with E-state index in [2.05, 4.69) is 25.8 Å². The molecule has 3 rings (SSSR count). The molecule has 1 aliphatic rings. The van der Waals surface area contributed by atoms with Gasteiger partial charge in [0.25, 0.3) is 5.91 Å². The number of nitrogens with one attached hydrogen (secondary N) is 3. The summed E-state index contributed by atoms with van der Waals surface area (Å²) in [5.41, 5.74) is 6.16. The zero-order chi connectivity index (χ0) is 22.4. The van der Waals surface area contributed by atoms with Crippen molar-refractivity contribution in [2.75, 3.05) is 19.7 Å². The highest BCUT2D eigenvalue weighted by molar-refractivity contribution is 5.94. The fourth-order valence-electron chi connectivity index (χ4n) is 3.04. The van der Waals surface area contributed by atoms with E-state index < -0.39 is 36.6 Å². The SMILES string of the molecule is O=C(NNC(=O)C1CCN(C(=O)OCC(F)(F)F)CC1)c1cc(-c2ccccc2)n[nH]1. The molecule has 0 radical (unpaired) electrons. The maximum Gasteiger partial charge on any atom is 0.422 e. The summed E-state index contributed by atoms with van der Waals surface area (Å²) in [5, 5.41) is 6.66. The van der Waals surface area contributed by atoms with Crippen LogP contribution in [0.4, 0.5) is 18.0 Å². The van der Waals surface area contributed by atoms with Gasteiger partial charge in [-0.25, -0.2) is 4.79 Å². The summed E-state index contributed by atoms with van der Waals surface area (Å²) in [6.07, 6.45) is -5.21. The number of carbonyl (C=O) groups is 3. The van der Waals surface area contributed by atoms with Crippen LogP contribution in [0, 0.1) is 5.92 Å². The smallest absolute Gasteiger partial charge is 0.422 e. The number of hydrogen-bond donors (Lipinski definition) is 3. The fraction of sp³-hybridized carbons (Fsp3) is 0.368. The van der Waals surface area contributed by atoms with E-state index in [0.717, 1.165) is 10.5 Å². The number of aromatic amines is 1. The first-order chi connectivity index (χ1) is 14.7. The largest absolute Gasteiger partial charge is 0.440 e. The number of benzene rings is 1. The highest BCUT2D eigenvalue weighted by atomic mass is 19.4. The molecule has 0 spiro atoms. The number of H-pyrrole nitrogens is 1. The minimum Gasteiger partial charge on any atom is -0.440 e. The van der Waals surface area contributed by atoms with E-state index in [0.29, 0.717) is 5.69 Å². The van der Waals surface area contributed by atoms with Crippen LogP contribution >= 0.6 is 0 Å². The molecular formula is C19H20F3N5O4. The van der Waals surface area contributed by atoms with Crippen molar-refractivity contribution in [3.63, 3.8) is 0 Å². The molecule has 3 N–H and O–H groups in total. The van der Waals surface area contributed by atoms with Crippen LogP contribution in [0.1, 0.15) is 23.3 Å². The quantitative estimate of drug-likeness (QED) is 0.632. The van der Waals surface area contributed by atoms with Crippen molar-refractivity contribution < 1.29 is 32.3 Å². The molecule has 9 nitrogen and oxygen atoms in total. The summed E-state index contributed by atoms with van der Waals surface area (Å²) in [6.45, 7) is -1.51. The molecule has 1 fully saturated rings. The minimum absolute atomic E-state index is 0.0731. The number of aromatic nitrogens is 2. The van der Waals surface area contributed by atoms with E-state index in [4.69, 9.17) is 0 Å². The lowest BCUT2D eigenvalue weighted by Crippen LogP contribution is -2.48. The highest BCUT2D eigenvalue weighted by Gasteiger charge is 2.33. The molecule has 0 bridgehead atoms. The van der Waals surface area contributed by atoms with Crippen LogP contribution in [0.2, 0.25) is 0 Å². The Morgan fingerprint density at radius 1 is 1.13 bits per heavy atom. The van der Waals surface area contributed by atoms with E-state index in [1.165, 1.54) is 0 Å². The number of ether oxygens (including phenoxy) is 1. The lowest BCUT2D eigenvalue weighted by Gasteiger charge is -2.30. The summed E-state index contributed by atoms with van der Waals surface area (Å²) in [4.78, 5) is 37.2. The van der Waals surface area contributed by atoms with Gasteiger partial charge in [0.05, 0.1) is 5.69 Å². The van der Waals surface area contributed by atoms with E-state index >= 15 is 0 Å². The first-order valence-electron chi connectivity index (χ1n) is 9.42. The molecule has 0 unspecified atom stereocenters. The minimum atomic E-state index is -4.59. The van der Waals surface area contributed by atoms with Crippen LogP contribution in [-0.4, -0.2) is 58.9 Å². The molecule has 1 aromatic carbocycles. The van der Waals surface area contributed by atoms with Gasteiger partial charge in [-0.05, 0) is 18.9 Å². The van der Waals surface area contributed by atoms with Gasteiger partial charge in [-0.2, -0.15) is 18.3 Å². The van der Waals surface area contributed by atoms with Gasteiger partial charge in [0.2, 0.25) is 5.91 Å². The van der Waals surface area contributed by atoms with E-state index in [1.807, 2.05) is 30.3 Å². The van der Waals surface area contributed by atoms with E-state index in [9.17, 15) is 27.6 Å². The number of alkyl halides is 3. The Hall–Kier alpha value is -3.57. The van der Waals surface area contributed by atoms with Crippen molar-refractivity contribution in [1.29, 1.82) is 0 Å². The van der Waals surface area contributed by atoms with Crippen molar-refractivity contribution in [3.05, 3.63) is 42.1 Å². The topological polar surface area (TPSA) is 116 Å². The Morgan fingerprint density at radius 3 is 2.45 bits per heavy atom. The first kappa shape index (κ1) is 22.1. The van der Waals surface area contributed by atoms with Gasteiger partial charge in [-0.15, -0.1) is 0 Å². The second-order valence-electron chi connectivity index (χ2n) is 6.91. The van der Waals surface area contributed by atoms with Crippen molar-refractivity contribution in [2.45, 2.75) is 19.0 Å². The normalized spacial score (nSPS) is 14.7. The lowest BCUT2D eigenvalue weighted by atomic mass is 9.96. The van der Waals surface area contributed by atoms with Gasteiger partial charge in [0, 0.05) is 24.6 Å². The third-order valence-electron chi connectivity index (χ3n) is 4.67. The number of likely N-dealkylation sites (tertiary alicyclic amines) is 1. The van der Waals surface area contributed by atoms with Gasteiger partial charge < -0.3 is 9.64 Å². The van der Waals surface area contributed by atoms with Crippen molar-refractivity contribution in [1.82, 2.24) is 25.9 Å². The maximum absolute atomic E-state index is 12.3. The molecule has 0 atom stereocenters. The summed E-state index contributed by atoms with van der Waals surface area (Å²) >= 11 is 0. The van der Waals surface area contributed by atoms with Gasteiger partial charge >= 0.3 is 12.3 Å². The molecule has 31 heavy (non-hydrogen) atoms. The van der Waals surface area contributed by atoms with Crippen LogP contribution < -0.4 is 10.9 Å². The monoisotopic (exact) mass is 439 g/mol. The average Bonchev–Trinajstić information content (AvgIpc) is 3.26. The van der Waals surface area contributed by atoms with Crippen molar-refractivity contribution in [2.24, 2.45) is 5.92 Å². The van der Waals surface area contributed by atoms with Gasteiger partial charge in [-0.1, -0.05) is 30.3 Å². The lowest BCUT2D eigenvalue weighted by molar-refractivity contribution is -0.162. The second kappa shape index (κ2) is 9.49. The molecule has 1 aromatic heterocycles. The van der Waals surface area contributed by atoms with Crippen LogP contribution in [0.5, 0.6) is 0 Å². The molecule has 0 aliphatic carbocycles. The Morgan fingerprint density at radius 2 is 1.81 bits per heavy atom. The van der Waals surface area contributed by atoms with Crippen LogP contribution in [0.3, 0.4) is 0 Å².